The largest absolute Gasteiger partial charge is 0.496 e. The van der Waals surface area contributed by atoms with Gasteiger partial charge in [0, 0.05) is 19.8 Å². The molecule has 156 valence electrons. The summed E-state index contributed by atoms with van der Waals surface area (Å²) in [6, 6.07) is 3.54. The molecule has 0 spiro atoms. The Bertz CT molecular complexity index is 917. The third-order valence-corrected chi connectivity index (χ3v) is 5.47. The maximum Gasteiger partial charge on any atom is 0.132 e. The number of allylic oxidation sites excluding steroid dienone is 2. The van der Waals surface area contributed by atoms with Crippen molar-refractivity contribution in [1.82, 2.24) is 14.7 Å². The molecule has 0 unspecified atom stereocenters. The van der Waals surface area contributed by atoms with Gasteiger partial charge >= 0.3 is 0 Å². The highest BCUT2D eigenvalue weighted by Gasteiger charge is 2.18. The zero-order valence-electron chi connectivity index (χ0n) is 17.5. The summed E-state index contributed by atoms with van der Waals surface area (Å²) in [5, 5.41) is 13.7. The zero-order chi connectivity index (χ0) is 21.0. The highest BCUT2D eigenvalue weighted by molar-refractivity contribution is 5.68. The fraction of sp³-hybridized carbons (Fsp3) is 0.435. The normalized spacial score (nSPS) is 13.9. The number of aryl methyl sites for hydroxylation is 1. The van der Waals surface area contributed by atoms with Gasteiger partial charge in [-0.2, -0.15) is 5.10 Å². The van der Waals surface area contributed by atoms with Crippen molar-refractivity contribution in [1.29, 1.82) is 0 Å². The number of nitrogens with zero attached hydrogens (tertiary/aromatic N) is 3. The maximum absolute atomic E-state index is 15.0. The van der Waals surface area contributed by atoms with Crippen molar-refractivity contribution < 1.29 is 14.2 Å². The van der Waals surface area contributed by atoms with E-state index in [0.717, 1.165) is 41.8 Å². The van der Waals surface area contributed by atoms with Crippen molar-refractivity contribution in [2.45, 2.75) is 39.2 Å². The molecule has 1 aromatic heterocycles. The van der Waals surface area contributed by atoms with Gasteiger partial charge in [-0.15, -0.1) is 0 Å². The molecule has 0 atom stereocenters. The van der Waals surface area contributed by atoms with Crippen LogP contribution in [0.25, 0.3) is 11.3 Å². The summed E-state index contributed by atoms with van der Waals surface area (Å²) in [7, 11) is 3.43. The number of ether oxygens (including phenoxy) is 1. The Hall–Kier alpha value is -2.60. The number of aliphatic hydroxyl groups is 1. The van der Waals surface area contributed by atoms with Gasteiger partial charge in [0.2, 0.25) is 0 Å². The summed E-state index contributed by atoms with van der Waals surface area (Å²) >= 11 is 0. The first-order valence-corrected chi connectivity index (χ1v) is 10.1. The van der Waals surface area contributed by atoms with Gasteiger partial charge in [-0.25, -0.2) is 4.39 Å². The molecule has 0 saturated carbocycles. The lowest BCUT2D eigenvalue weighted by atomic mass is 9.92. The fourth-order valence-electron chi connectivity index (χ4n) is 3.75. The van der Waals surface area contributed by atoms with Crippen molar-refractivity contribution >= 4 is 11.3 Å². The summed E-state index contributed by atoms with van der Waals surface area (Å²) in [6.45, 7) is 6.81. The average Bonchev–Trinajstić information content (AvgIpc) is 3.09. The Morgan fingerprint density at radius 1 is 1.38 bits per heavy atom. The van der Waals surface area contributed by atoms with Crippen molar-refractivity contribution in [2.75, 3.05) is 27.3 Å². The molecule has 0 fully saturated rings. The molecule has 5 nitrogen and oxygen atoms in total. The van der Waals surface area contributed by atoms with Crippen LogP contribution in [0, 0.1) is 12.7 Å². The third kappa shape index (κ3) is 4.70. The Morgan fingerprint density at radius 3 is 2.83 bits per heavy atom. The smallest absolute Gasteiger partial charge is 0.132 e. The number of halogens is 1. The molecule has 3 rings (SSSR count). The number of aromatic nitrogens is 2. The van der Waals surface area contributed by atoms with Crippen molar-refractivity contribution in [3.05, 3.63) is 59.2 Å². The standard InChI is InChI=1S/C23H30FN3O2/c1-16-14-27(25-23(16)17(2)26(3)10-11-28)15-20-21(24)12-19(13-22(20)29-4)18-8-6-5-7-9-18/h8,12-14,28H,2,5-7,9-11,15H2,1,3-4H3. The second-order valence-electron chi connectivity index (χ2n) is 7.56. The van der Waals surface area contributed by atoms with E-state index >= 15 is 4.39 Å². The van der Waals surface area contributed by atoms with Crippen molar-refractivity contribution in [2.24, 2.45) is 0 Å². The molecule has 1 aromatic carbocycles. The minimum absolute atomic E-state index is 0.0421. The lowest BCUT2D eigenvalue weighted by Gasteiger charge is -2.19. The van der Waals surface area contributed by atoms with Gasteiger partial charge in [-0.3, -0.25) is 4.68 Å². The van der Waals surface area contributed by atoms with Gasteiger partial charge in [0.05, 0.1) is 31.5 Å². The summed E-state index contributed by atoms with van der Waals surface area (Å²) in [6.07, 6.45) is 8.44. The Balaban J connectivity index is 1.87. The number of benzene rings is 1. The number of hydrogen-bond donors (Lipinski definition) is 1. The predicted octanol–water partition coefficient (Wildman–Crippen LogP) is 4.24. The van der Waals surface area contributed by atoms with E-state index in [1.165, 1.54) is 12.0 Å². The van der Waals surface area contributed by atoms with E-state index in [4.69, 9.17) is 9.84 Å². The lowest BCUT2D eigenvalue weighted by Crippen LogP contribution is -2.20. The number of rotatable bonds is 8. The molecule has 6 heteroatoms. The number of aliphatic hydroxyl groups excluding tert-OH is 1. The summed E-state index contributed by atoms with van der Waals surface area (Å²) in [4.78, 5) is 1.85. The Morgan fingerprint density at radius 2 is 2.17 bits per heavy atom. The average molecular weight is 400 g/mol. The lowest BCUT2D eigenvalue weighted by molar-refractivity contribution is 0.259. The van der Waals surface area contributed by atoms with Crippen LogP contribution >= 0.6 is 0 Å². The van der Waals surface area contributed by atoms with Crippen LogP contribution in [0.3, 0.4) is 0 Å². The van der Waals surface area contributed by atoms with E-state index in [9.17, 15) is 0 Å². The van der Waals surface area contributed by atoms with E-state index in [2.05, 4.69) is 17.8 Å². The van der Waals surface area contributed by atoms with Crippen LogP contribution in [-0.2, 0) is 6.54 Å². The van der Waals surface area contributed by atoms with E-state index < -0.39 is 0 Å². The summed E-state index contributed by atoms with van der Waals surface area (Å²) < 4.78 is 22.3. The molecule has 2 aromatic rings. The maximum atomic E-state index is 15.0. The van der Waals surface area contributed by atoms with Gasteiger partial charge in [0.1, 0.15) is 17.3 Å². The first-order chi connectivity index (χ1) is 13.9. The molecule has 1 aliphatic rings. The molecular weight excluding hydrogens is 369 g/mol. The van der Waals surface area contributed by atoms with Crippen LogP contribution in [0.15, 0.2) is 31.0 Å². The van der Waals surface area contributed by atoms with Crippen LogP contribution < -0.4 is 4.74 Å². The minimum Gasteiger partial charge on any atom is -0.496 e. The summed E-state index contributed by atoms with van der Waals surface area (Å²) in [5.41, 5.74) is 4.99. The topological polar surface area (TPSA) is 50.5 Å². The van der Waals surface area contributed by atoms with E-state index in [0.29, 0.717) is 17.9 Å². The van der Waals surface area contributed by atoms with Crippen LogP contribution in [0.4, 0.5) is 4.39 Å². The van der Waals surface area contributed by atoms with E-state index in [-0.39, 0.29) is 19.0 Å². The van der Waals surface area contributed by atoms with Crippen LogP contribution in [0.5, 0.6) is 5.75 Å². The molecule has 0 radical (unpaired) electrons. The van der Waals surface area contributed by atoms with Gasteiger partial charge < -0.3 is 14.7 Å². The Labute approximate surface area is 172 Å². The van der Waals surface area contributed by atoms with Gasteiger partial charge in [0.25, 0.3) is 0 Å². The van der Waals surface area contributed by atoms with E-state index in [1.807, 2.05) is 31.1 Å². The second kappa shape index (κ2) is 9.27. The Kier molecular flexibility index (Phi) is 6.75. The molecular formula is C23H30FN3O2. The highest BCUT2D eigenvalue weighted by atomic mass is 19.1. The first-order valence-electron chi connectivity index (χ1n) is 10.1. The highest BCUT2D eigenvalue weighted by Crippen LogP contribution is 2.33. The molecule has 29 heavy (non-hydrogen) atoms. The molecule has 0 amide bonds. The van der Waals surface area contributed by atoms with Crippen LogP contribution in [-0.4, -0.2) is 47.1 Å². The molecule has 0 aliphatic heterocycles. The predicted molar refractivity (Wildman–Crippen MR) is 114 cm³/mol. The second-order valence-corrected chi connectivity index (χ2v) is 7.56. The third-order valence-electron chi connectivity index (χ3n) is 5.47. The molecule has 0 bridgehead atoms. The molecule has 0 saturated heterocycles. The van der Waals surface area contributed by atoms with E-state index in [1.54, 1.807) is 17.9 Å². The number of likely N-dealkylation sites (N-methyl/N-ethyl adjacent to an activating group) is 1. The summed E-state index contributed by atoms with van der Waals surface area (Å²) in [5.74, 6) is 0.258. The minimum atomic E-state index is -0.281. The molecule has 1 heterocycles. The number of hydrogen-bond acceptors (Lipinski definition) is 4. The molecule has 1 N–H and O–H groups in total. The van der Waals surface area contributed by atoms with Gasteiger partial charge in [0.15, 0.2) is 0 Å². The van der Waals surface area contributed by atoms with Crippen LogP contribution in [0.2, 0.25) is 0 Å². The number of methoxy groups -OCH3 is 1. The van der Waals surface area contributed by atoms with Crippen LogP contribution in [0.1, 0.15) is 48.1 Å². The fourth-order valence-corrected chi connectivity index (χ4v) is 3.75. The zero-order valence-corrected chi connectivity index (χ0v) is 17.5. The molecule has 1 aliphatic carbocycles. The SMILES string of the molecule is C=C(c1nn(Cc2c(F)cc(C3=CCCCC3)cc2OC)cc1C)N(C)CCO. The monoisotopic (exact) mass is 399 g/mol. The van der Waals surface area contributed by atoms with Crippen molar-refractivity contribution in [3.8, 4) is 5.75 Å². The van der Waals surface area contributed by atoms with Gasteiger partial charge in [-0.05, 0) is 61.4 Å². The quantitative estimate of drug-likeness (QED) is 0.721. The van der Waals surface area contributed by atoms with Gasteiger partial charge in [-0.1, -0.05) is 12.7 Å². The first kappa shape index (κ1) is 21.1. The van der Waals surface area contributed by atoms with Crippen molar-refractivity contribution in [3.63, 3.8) is 0 Å².